The fourth-order valence-corrected chi connectivity index (χ4v) is 2.58. The van der Waals surface area contributed by atoms with Crippen molar-refractivity contribution in [1.82, 2.24) is 10.3 Å². The van der Waals surface area contributed by atoms with E-state index in [2.05, 4.69) is 35.4 Å². The molecule has 0 aliphatic rings. The Bertz CT molecular complexity index is 604. The lowest BCUT2D eigenvalue weighted by atomic mass is 10.1. The fraction of sp³-hybridized carbons (Fsp3) is 0.471. The summed E-state index contributed by atoms with van der Waals surface area (Å²) in [5.41, 5.74) is 3.52. The molecule has 0 spiro atoms. The van der Waals surface area contributed by atoms with Gasteiger partial charge in [-0.3, -0.25) is 4.79 Å². The highest BCUT2D eigenvalue weighted by molar-refractivity contribution is 5.84. The first-order valence-electron chi connectivity index (χ1n) is 7.61. The van der Waals surface area contributed by atoms with Gasteiger partial charge in [0.15, 0.2) is 0 Å². The normalized spacial score (nSPS) is 12.5. The van der Waals surface area contributed by atoms with Crippen LogP contribution in [0.3, 0.4) is 0 Å². The Morgan fingerprint density at radius 3 is 2.95 bits per heavy atom. The summed E-state index contributed by atoms with van der Waals surface area (Å²) in [6.07, 6.45) is 4.66. The average Bonchev–Trinajstić information content (AvgIpc) is 2.87. The fourth-order valence-electron chi connectivity index (χ4n) is 2.58. The highest BCUT2D eigenvalue weighted by Crippen LogP contribution is 2.20. The number of nitrogens with one attached hydrogen (secondary N) is 2. The number of amides is 1. The molecule has 2 rings (SSSR count). The molecule has 4 nitrogen and oxygen atoms in total. The molecule has 2 aromatic rings. The first-order valence-corrected chi connectivity index (χ1v) is 7.61. The Morgan fingerprint density at radius 2 is 2.24 bits per heavy atom. The summed E-state index contributed by atoms with van der Waals surface area (Å²) in [7, 11) is 0. The maximum atomic E-state index is 12.0. The van der Waals surface area contributed by atoms with Crippen molar-refractivity contribution in [1.29, 1.82) is 0 Å². The van der Waals surface area contributed by atoms with Crippen molar-refractivity contribution < 1.29 is 9.90 Å². The van der Waals surface area contributed by atoms with Gasteiger partial charge in [0.05, 0.1) is 0 Å². The molecule has 0 fully saturated rings. The third-order valence-corrected chi connectivity index (χ3v) is 3.88. The number of hydrogen-bond acceptors (Lipinski definition) is 2. The molecular formula is C17H24N2O2. The van der Waals surface area contributed by atoms with Gasteiger partial charge in [-0.1, -0.05) is 18.6 Å². The SMILES string of the molecule is CCC(CCO)NC(=O)CCc1c[nH]c2ccc(C)cc12. The van der Waals surface area contributed by atoms with Gasteiger partial charge in [-0.25, -0.2) is 0 Å². The molecule has 3 N–H and O–H groups in total. The standard InChI is InChI=1S/C17H24N2O2/c1-3-14(8-9-20)19-17(21)7-5-13-11-18-16-6-4-12(2)10-15(13)16/h4,6,10-11,14,18,20H,3,5,7-9H2,1-2H3,(H,19,21). The molecule has 0 aliphatic heterocycles. The van der Waals surface area contributed by atoms with Crippen molar-refractivity contribution in [3.05, 3.63) is 35.5 Å². The Labute approximate surface area is 125 Å². The molecule has 1 aromatic carbocycles. The smallest absolute Gasteiger partial charge is 0.220 e. The zero-order chi connectivity index (χ0) is 15.2. The third kappa shape index (κ3) is 4.08. The van der Waals surface area contributed by atoms with E-state index < -0.39 is 0 Å². The van der Waals surface area contributed by atoms with Gasteiger partial charge in [-0.15, -0.1) is 0 Å². The van der Waals surface area contributed by atoms with E-state index in [0.717, 1.165) is 18.4 Å². The van der Waals surface area contributed by atoms with Gasteiger partial charge in [0.2, 0.25) is 5.91 Å². The molecule has 1 atom stereocenters. The molecular weight excluding hydrogens is 264 g/mol. The first-order chi connectivity index (χ1) is 10.1. The third-order valence-electron chi connectivity index (χ3n) is 3.88. The number of aromatic nitrogens is 1. The van der Waals surface area contributed by atoms with Gasteiger partial charge in [0, 0.05) is 36.2 Å². The number of fused-ring (bicyclic) bond motifs is 1. The Morgan fingerprint density at radius 1 is 1.43 bits per heavy atom. The summed E-state index contributed by atoms with van der Waals surface area (Å²) < 4.78 is 0. The minimum atomic E-state index is 0.0531. The van der Waals surface area contributed by atoms with Crippen LogP contribution in [-0.4, -0.2) is 28.6 Å². The van der Waals surface area contributed by atoms with Crippen LogP contribution in [0.4, 0.5) is 0 Å². The number of aryl methyl sites for hydroxylation is 2. The van der Waals surface area contributed by atoms with Crippen LogP contribution in [0.5, 0.6) is 0 Å². The second-order valence-electron chi connectivity index (χ2n) is 5.55. The van der Waals surface area contributed by atoms with Crippen molar-refractivity contribution >= 4 is 16.8 Å². The van der Waals surface area contributed by atoms with Crippen molar-refractivity contribution in [3.8, 4) is 0 Å². The molecule has 0 saturated carbocycles. The molecule has 0 saturated heterocycles. The largest absolute Gasteiger partial charge is 0.396 e. The number of hydrogen-bond donors (Lipinski definition) is 3. The van der Waals surface area contributed by atoms with Crippen LogP contribution in [0.1, 0.15) is 37.3 Å². The molecule has 1 aromatic heterocycles. The molecule has 0 bridgehead atoms. The van der Waals surface area contributed by atoms with Gasteiger partial charge < -0.3 is 15.4 Å². The van der Waals surface area contributed by atoms with Gasteiger partial charge in [0.1, 0.15) is 0 Å². The van der Waals surface area contributed by atoms with Gasteiger partial charge in [-0.2, -0.15) is 0 Å². The molecule has 0 radical (unpaired) electrons. The predicted octanol–water partition coefficient (Wildman–Crippen LogP) is 2.69. The summed E-state index contributed by atoms with van der Waals surface area (Å²) >= 11 is 0. The second kappa shape index (κ2) is 7.27. The van der Waals surface area contributed by atoms with E-state index in [0.29, 0.717) is 12.8 Å². The Kier molecular flexibility index (Phi) is 5.39. The molecule has 1 heterocycles. The van der Waals surface area contributed by atoms with E-state index in [1.54, 1.807) is 0 Å². The van der Waals surface area contributed by atoms with Crippen LogP contribution in [0, 0.1) is 6.92 Å². The van der Waals surface area contributed by atoms with Crippen LogP contribution < -0.4 is 5.32 Å². The quantitative estimate of drug-likeness (QED) is 0.733. The predicted molar refractivity (Wildman–Crippen MR) is 85.3 cm³/mol. The van der Waals surface area contributed by atoms with Crippen molar-refractivity contribution in [2.45, 2.75) is 45.6 Å². The Balaban J connectivity index is 1.95. The summed E-state index contributed by atoms with van der Waals surface area (Å²) in [4.78, 5) is 15.2. The van der Waals surface area contributed by atoms with E-state index in [-0.39, 0.29) is 18.6 Å². The van der Waals surface area contributed by atoms with E-state index in [1.165, 1.54) is 16.5 Å². The minimum Gasteiger partial charge on any atom is -0.396 e. The van der Waals surface area contributed by atoms with E-state index in [1.807, 2.05) is 13.1 Å². The first kappa shape index (κ1) is 15.6. The second-order valence-corrected chi connectivity index (χ2v) is 5.55. The molecule has 21 heavy (non-hydrogen) atoms. The summed E-state index contributed by atoms with van der Waals surface area (Å²) in [6, 6.07) is 6.38. The molecule has 1 amide bonds. The van der Waals surface area contributed by atoms with Crippen LogP contribution >= 0.6 is 0 Å². The Hall–Kier alpha value is -1.81. The summed E-state index contributed by atoms with van der Waals surface area (Å²) in [5.74, 6) is 0.0531. The van der Waals surface area contributed by atoms with Gasteiger partial charge in [-0.05, 0) is 43.9 Å². The van der Waals surface area contributed by atoms with Gasteiger partial charge >= 0.3 is 0 Å². The number of H-pyrrole nitrogens is 1. The van der Waals surface area contributed by atoms with E-state index in [9.17, 15) is 4.79 Å². The maximum absolute atomic E-state index is 12.0. The highest BCUT2D eigenvalue weighted by atomic mass is 16.3. The molecule has 1 unspecified atom stereocenters. The van der Waals surface area contributed by atoms with Crippen molar-refractivity contribution in [2.75, 3.05) is 6.61 Å². The zero-order valence-corrected chi connectivity index (χ0v) is 12.8. The van der Waals surface area contributed by atoms with Crippen LogP contribution in [-0.2, 0) is 11.2 Å². The van der Waals surface area contributed by atoms with Crippen molar-refractivity contribution in [2.24, 2.45) is 0 Å². The number of carbonyl (C=O) groups is 1. The van der Waals surface area contributed by atoms with Crippen LogP contribution in [0.25, 0.3) is 10.9 Å². The monoisotopic (exact) mass is 288 g/mol. The number of benzene rings is 1. The summed E-state index contributed by atoms with van der Waals surface area (Å²) in [5, 5.41) is 13.1. The molecule has 114 valence electrons. The average molecular weight is 288 g/mol. The highest BCUT2D eigenvalue weighted by Gasteiger charge is 2.11. The van der Waals surface area contributed by atoms with Crippen molar-refractivity contribution in [3.63, 3.8) is 0 Å². The lowest BCUT2D eigenvalue weighted by Crippen LogP contribution is -2.35. The van der Waals surface area contributed by atoms with Gasteiger partial charge in [0.25, 0.3) is 0 Å². The lowest BCUT2D eigenvalue weighted by molar-refractivity contribution is -0.121. The topological polar surface area (TPSA) is 65.1 Å². The summed E-state index contributed by atoms with van der Waals surface area (Å²) in [6.45, 7) is 4.20. The minimum absolute atomic E-state index is 0.0531. The zero-order valence-electron chi connectivity index (χ0n) is 12.8. The lowest BCUT2D eigenvalue weighted by Gasteiger charge is -2.15. The number of aliphatic hydroxyl groups is 1. The van der Waals surface area contributed by atoms with E-state index >= 15 is 0 Å². The van der Waals surface area contributed by atoms with E-state index in [4.69, 9.17) is 5.11 Å². The number of aliphatic hydroxyl groups excluding tert-OH is 1. The number of aromatic amines is 1. The maximum Gasteiger partial charge on any atom is 0.220 e. The molecule has 4 heteroatoms. The van der Waals surface area contributed by atoms with Crippen LogP contribution in [0.2, 0.25) is 0 Å². The van der Waals surface area contributed by atoms with Crippen LogP contribution in [0.15, 0.2) is 24.4 Å². The molecule has 0 aliphatic carbocycles. The number of carbonyl (C=O) groups excluding carboxylic acids is 1. The number of rotatable bonds is 7.